The summed E-state index contributed by atoms with van der Waals surface area (Å²) in [7, 11) is 0. The number of hydrogen-bond donors (Lipinski definition) is 1. The zero-order chi connectivity index (χ0) is 3.58. The second kappa shape index (κ2) is 15.7. The SMILES string of the molecule is CC(=O)O.O.[CaH2].[CaH2]. The molecule has 0 radical (unpaired) electrons. The Morgan fingerprint density at radius 3 is 1.43 bits per heavy atom. The van der Waals surface area contributed by atoms with Gasteiger partial charge in [-0.3, -0.25) is 4.79 Å². The van der Waals surface area contributed by atoms with Crippen molar-refractivity contribution in [3.8, 4) is 0 Å². The van der Waals surface area contributed by atoms with Crippen LogP contribution in [0, 0.1) is 0 Å². The van der Waals surface area contributed by atoms with Crippen molar-refractivity contribution in [2.24, 2.45) is 0 Å². The minimum absolute atomic E-state index is 0. The van der Waals surface area contributed by atoms with E-state index in [4.69, 9.17) is 9.90 Å². The summed E-state index contributed by atoms with van der Waals surface area (Å²) >= 11 is 0. The van der Waals surface area contributed by atoms with Crippen LogP contribution < -0.4 is 0 Å². The maximum absolute atomic E-state index is 9.00. The van der Waals surface area contributed by atoms with Gasteiger partial charge in [-0.15, -0.1) is 0 Å². The van der Waals surface area contributed by atoms with E-state index < -0.39 is 5.97 Å². The van der Waals surface area contributed by atoms with Crippen LogP contribution in [0.2, 0.25) is 0 Å². The Hall–Kier alpha value is 1.95. The van der Waals surface area contributed by atoms with Gasteiger partial charge in [0, 0.05) is 6.92 Å². The molecule has 0 aromatic heterocycles. The third kappa shape index (κ3) is 74.0. The standard InChI is InChI=1S/C2H4O2.2Ca.H2O.4H/c1-2(3)4;;;;;;;/h1H3,(H,3,4);;;1H2;;;;. The van der Waals surface area contributed by atoms with Gasteiger partial charge in [-0.25, -0.2) is 0 Å². The molecule has 3 nitrogen and oxygen atoms in total. The molecule has 0 aliphatic rings. The Morgan fingerprint density at radius 1 is 1.43 bits per heavy atom. The van der Waals surface area contributed by atoms with Crippen LogP contribution in [-0.2, 0) is 4.79 Å². The summed E-state index contributed by atoms with van der Waals surface area (Å²) in [6, 6.07) is 0. The molecule has 0 amide bonds. The number of carboxylic acid groups (broad SMARTS) is 1. The van der Waals surface area contributed by atoms with E-state index in [1.54, 1.807) is 0 Å². The van der Waals surface area contributed by atoms with Gasteiger partial charge in [0.1, 0.15) is 0 Å². The van der Waals surface area contributed by atoms with E-state index in [1.807, 2.05) is 0 Å². The van der Waals surface area contributed by atoms with Crippen LogP contribution in [0.25, 0.3) is 0 Å². The van der Waals surface area contributed by atoms with E-state index in [1.165, 1.54) is 0 Å². The first kappa shape index (κ1) is 23.1. The fraction of sp³-hybridized carbons (Fsp3) is 0.500. The van der Waals surface area contributed by atoms with Crippen LogP contribution in [-0.4, -0.2) is 92.0 Å². The number of rotatable bonds is 0. The van der Waals surface area contributed by atoms with Crippen LogP contribution >= 0.6 is 0 Å². The molecule has 0 aromatic rings. The zero-order valence-corrected chi connectivity index (χ0v) is 2.86. The van der Waals surface area contributed by atoms with E-state index in [2.05, 4.69) is 0 Å². The number of carboxylic acids is 1. The summed E-state index contributed by atoms with van der Waals surface area (Å²) < 4.78 is 0. The molecule has 0 bridgehead atoms. The predicted molar refractivity (Wildman–Crippen MR) is 34.0 cm³/mol. The number of hydrogen-bond acceptors (Lipinski definition) is 1. The van der Waals surface area contributed by atoms with Gasteiger partial charge in [-0.1, -0.05) is 0 Å². The Labute approximate surface area is 102 Å². The van der Waals surface area contributed by atoms with Gasteiger partial charge >= 0.3 is 75.5 Å². The van der Waals surface area contributed by atoms with Crippen LogP contribution in [0.5, 0.6) is 0 Å². The summed E-state index contributed by atoms with van der Waals surface area (Å²) in [6.07, 6.45) is 0. The van der Waals surface area contributed by atoms with Gasteiger partial charge in [0.25, 0.3) is 5.97 Å². The van der Waals surface area contributed by atoms with Crippen LogP contribution in [0.15, 0.2) is 0 Å². The fourth-order valence-corrected chi connectivity index (χ4v) is 0. The second-order valence-corrected chi connectivity index (χ2v) is 0.519. The molecule has 0 aromatic carbocycles. The monoisotopic (exact) mass is 162 g/mol. The van der Waals surface area contributed by atoms with E-state index in [0.717, 1.165) is 6.92 Å². The van der Waals surface area contributed by atoms with Gasteiger partial charge in [0.2, 0.25) is 0 Å². The van der Waals surface area contributed by atoms with Crippen molar-refractivity contribution in [2.75, 3.05) is 0 Å². The molecule has 0 rings (SSSR count). The molecule has 0 unspecified atom stereocenters. The van der Waals surface area contributed by atoms with Gasteiger partial charge < -0.3 is 10.6 Å². The van der Waals surface area contributed by atoms with E-state index in [-0.39, 0.29) is 81.0 Å². The van der Waals surface area contributed by atoms with Crippen molar-refractivity contribution in [1.82, 2.24) is 0 Å². The van der Waals surface area contributed by atoms with Gasteiger partial charge in [0.15, 0.2) is 0 Å². The molecule has 0 spiro atoms. The second-order valence-electron chi connectivity index (χ2n) is 0.519. The Bertz CT molecular complexity index is 33.9. The molecule has 0 saturated carbocycles. The molecular formula is C2H10Ca2O3. The molecule has 0 aliphatic carbocycles. The summed E-state index contributed by atoms with van der Waals surface area (Å²) in [5.41, 5.74) is 0. The molecule has 40 valence electrons. The van der Waals surface area contributed by atoms with Crippen molar-refractivity contribution >= 4 is 81.4 Å². The number of carbonyl (C=O) groups is 1. The van der Waals surface area contributed by atoms with Crippen molar-refractivity contribution < 1.29 is 15.4 Å². The first-order chi connectivity index (χ1) is 1.73. The third-order valence-electron chi connectivity index (χ3n) is 0. The maximum atomic E-state index is 9.00. The molecule has 7 heavy (non-hydrogen) atoms. The summed E-state index contributed by atoms with van der Waals surface area (Å²) in [5, 5.41) is 7.42. The Morgan fingerprint density at radius 2 is 1.43 bits per heavy atom. The molecule has 0 heterocycles. The van der Waals surface area contributed by atoms with E-state index >= 15 is 0 Å². The van der Waals surface area contributed by atoms with Crippen LogP contribution in [0.4, 0.5) is 0 Å². The van der Waals surface area contributed by atoms with E-state index in [0.29, 0.717) is 0 Å². The summed E-state index contributed by atoms with van der Waals surface area (Å²) in [5.74, 6) is -0.833. The van der Waals surface area contributed by atoms with E-state index in [9.17, 15) is 0 Å². The summed E-state index contributed by atoms with van der Waals surface area (Å²) in [6.45, 7) is 1.08. The van der Waals surface area contributed by atoms with Crippen molar-refractivity contribution in [1.29, 1.82) is 0 Å². The average Bonchev–Trinajstić information content (AvgIpc) is 0.811. The number of aliphatic carboxylic acids is 1. The average molecular weight is 162 g/mol. The topological polar surface area (TPSA) is 68.8 Å². The zero-order valence-electron chi connectivity index (χ0n) is 2.86. The normalized spacial score (nSPS) is 3.57. The Kier molecular flexibility index (Phi) is 51.7. The third-order valence-corrected chi connectivity index (χ3v) is 0. The van der Waals surface area contributed by atoms with Crippen molar-refractivity contribution in [3.63, 3.8) is 0 Å². The minimum atomic E-state index is -0.833. The first-order valence-corrected chi connectivity index (χ1v) is 0.928. The van der Waals surface area contributed by atoms with Crippen molar-refractivity contribution in [3.05, 3.63) is 0 Å². The summed E-state index contributed by atoms with van der Waals surface area (Å²) in [4.78, 5) is 9.00. The molecule has 0 fully saturated rings. The molecule has 3 N–H and O–H groups in total. The molecule has 0 aliphatic heterocycles. The van der Waals surface area contributed by atoms with Crippen LogP contribution in [0.3, 0.4) is 0 Å². The van der Waals surface area contributed by atoms with Crippen LogP contribution in [0.1, 0.15) is 6.92 Å². The predicted octanol–water partition coefficient (Wildman–Crippen LogP) is -2.57. The quantitative estimate of drug-likeness (QED) is 0.398. The molecule has 0 atom stereocenters. The first-order valence-electron chi connectivity index (χ1n) is 0.928. The fourth-order valence-electron chi connectivity index (χ4n) is 0. The molecule has 5 heteroatoms. The van der Waals surface area contributed by atoms with Gasteiger partial charge in [-0.2, -0.15) is 0 Å². The van der Waals surface area contributed by atoms with Gasteiger partial charge in [0.05, 0.1) is 0 Å². The molecule has 0 saturated heterocycles. The Balaban J connectivity index is -0.0000000150. The van der Waals surface area contributed by atoms with Gasteiger partial charge in [-0.05, 0) is 0 Å². The molecular weight excluding hydrogens is 152 g/mol. The van der Waals surface area contributed by atoms with Crippen molar-refractivity contribution in [2.45, 2.75) is 6.92 Å².